The van der Waals surface area contributed by atoms with Crippen molar-refractivity contribution in [2.45, 2.75) is 26.4 Å². The summed E-state index contributed by atoms with van der Waals surface area (Å²) >= 11 is 0. The van der Waals surface area contributed by atoms with Crippen LogP contribution in [0, 0.1) is 11.6 Å². The molecule has 2 aromatic carbocycles. The van der Waals surface area contributed by atoms with Gasteiger partial charge in [0.05, 0.1) is 12.3 Å². The quantitative estimate of drug-likeness (QED) is 0.922. The zero-order valence-corrected chi connectivity index (χ0v) is 13.4. The molecule has 0 aromatic heterocycles. The lowest BCUT2D eigenvalue weighted by Gasteiger charge is -2.13. The largest absolute Gasteiger partial charge is 0.492 e. The standard InChI is InChI=1S/C18H17F2NO3/c1-3-23-17-8-12-6-10(2)24-16(12)9-15(17)21-18(22)11-4-5-13(19)14(20)7-11/h4-5,7-10H,3,6H2,1-2H3,(H,21,22). The molecule has 1 aliphatic heterocycles. The van der Waals surface area contributed by atoms with E-state index in [1.54, 1.807) is 6.07 Å². The predicted molar refractivity (Wildman–Crippen MR) is 85.7 cm³/mol. The molecule has 0 bridgehead atoms. The van der Waals surface area contributed by atoms with Crippen LogP contribution in [0.15, 0.2) is 30.3 Å². The van der Waals surface area contributed by atoms with Crippen LogP contribution in [-0.4, -0.2) is 18.6 Å². The molecule has 0 radical (unpaired) electrons. The molecule has 2 aromatic rings. The van der Waals surface area contributed by atoms with E-state index in [1.807, 2.05) is 19.9 Å². The Morgan fingerprint density at radius 2 is 2.08 bits per heavy atom. The highest BCUT2D eigenvalue weighted by Crippen LogP contribution is 2.38. The third-order valence-electron chi connectivity index (χ3n) is 3.73. The number of ether oxygens (including phenoxy) is 2. The van der Waals surface area contributed by atoms with Crippen molar-refractivity contribution in [3.05, 3.63) is 53.1 Å². The summed E-state index contributed by atoms with van der Waals surface area (Å²) in [7, 11) is 0. The Morgan fingerprint density at radius 1 is 1.29 bits per heavy atom. The SMILES string of the molecule is CCOc1cc2c(cc1NC(=O)c1ccc(F)c(F)c1)OC(C)C2. The van der Waals surface area contributed by atoms with Gasteiger partial charge >= 0.3 is 0 Å². The minimum atomic E-state index is -1.07. The molecule has 1 amide bonds. The lowest BCUT2D eigenvalue weighted by Crippen LogP contribution is -2.13. The number of carbonyl (C=O) groups is 1. The fraction of sp³-hybridized carbons (Fsp3) is 0.278. The average Bonchev–Trinajstić information content (AvgIpc) is 2.89. The Labute approximate surface area is 138 Å². The van der Waals surface area contributed by atoms with Crippen molar-refractivity contribution in [3.8, 4) is 11.5 Å². The van der Waals surface area contributed by atoms with E-state index in [-0.39, 0.29) is 11.7 Å². The highest BCUT2D eigenvalue weighted by Gasteiger charge is 2.23. The van der Waals surface area contributed by atoms with Crippen molar-refractivity contribution in [3.63, 3.8) is 0 Å². The van der Waals surface area contributed by atoms with E-state index in [2.05, 4.69) is 5.32 Å². The summed E-state index contributed by atoms with van der Waals surface area (Å²) < 4.78 is 37.6. The van der Waals surface area contributed by atoms with E-state index in [0.717, 1.165) is 24.1 Å². The highest BCUT2D eigenvalue weighted by atomic mass is 19.2. The maximum absolute atomic E-state index is 13.3. The summed E-state index contributed by atoms with van der Waals surface area (Å²) in [6, 6.07) is 6.53. The van der Waals surface area contributed by atoms with Crippen LogP contribution in [-0.2, 0) is 6.42 Å². The van der Waals surface area contributed by atoms with Gasteiger partial charge in [-0.05, 0) is 38.1 Å². The number of nitrogens with one attached hydrogen (secondary N) is 1. The lowest BCUT2D eigenvalue weighted by atomic mass is 10.1. The number of fused-ring (bicyclic) bond motifs is 1. The van der Waals surface area contributed by atoms with Crippen molar-refractivity contribution < 1.29 is 23.0 Å². The molecule has 1 unspecified atom stereocenters. The fourth-order valence-electron chi connectivity index (χ4n) is 2.64. The van der Waals surface area contributed by atoms with E-state index in [0.29, 0.717) is 23.8 Å². The molecular weight excluding hydrogens is 316 g/mol. The molecule has 0 aliphatic carbocycles. The first kappa shape index (κ1) is 16.2. The Hall–Kier alpha value is -2.63. The van der Waals surface area contributed by atoms with Gasteiger partial charge in [0.2, 0.25) is 0 Å². The van der Waals surface area contributed by atoms with Crippen LogP contribution < -0.4 is 14.8 Å². The van der Waals surface area contributed by atoms with Gasteiger partial charge in [-0.2, -0.15) is 0 Å². The monoisotopic (exact) mass is 333 g/mol. The van der Waals surface area contributed by atoms with Crippen LogP contribution in [0.5, 0.6) is 11.5 Å². The summed E-state index contributed by atoms with van der Waals surface area (Å²) in [6.07, 6.45) is 0.832. The summed E-state index contributed by atoms with van der Waals surface area (Å²) in [5.74, 6) is -1.42. The zero-order chi connectivity index (χ0) is 17.3. The van der Waals surface area contributed by atoms with Crippen LogP contribution >= 0.6 is 0 Å². The molecule has 1 aliphatic rings. The minimum Gasteiger partial charge on any atom is -0.492 e. The third-order valence-corrected chi connectivity index (χ3v) is 3.73. The molecule has 0 spiro atoms. The molecule has 3 rings (SSSR count). The molecule has 1 N–H and O–H groups in total. The zero-order valence-electron chi connectivity index (χ0n) is 13.4. The lowest BCUT2D eigenvalue weighted by molar-refractivity contribution is 0.102. The molecule has 0 saturated carbocycles. The van der Waals surface area contributed by atoms with E-state index >= 15 is 0 Å². The van der Waals surface area contributed by atoms with E-state index in [1.165, 1.54) is 6.07 Å². The normalized spacial score (nSPS) is 15.6. The minimum absolute atomic E-state index is 0.0196. The van der Waals surface area contributed by atoms with Gasteiger partial charge in [-0.25, -0.2) is 8.78 Å². The summed E-state index contributed by atoms with van der Waals surface area (Å²) in [6.45, 7) is 4.23. The molecule has 126 valence electrons. The van der Waals surface area contributed by atoms with Gasteiger partial charge in [-0.3, -0.25) is 4.79 Å². The maximum atomic E-state index is 13.3. The second kappa shape index (κ2) is 6.47. The Morgan fingerprint density at radius 3 is 2.79 bits per heavy atom. The maximum Gasteiger partial charge on any atom is 0.255 e. The number of amides is 1. The van der Waals surface area contributed by atoms with Crippen molar-refractivity contribution >= 4 is 11.6 Å². The molecule has 1 heterocycles. The number of benzene rings is 2. The number of anilines is 1. The molecule has 24 heavy (non-hydrogen) atoms. The summed E-state index contributed by atoms with van der Waals surface area (Å²) in [5, 5.41) is 2.67. The first-order valence-corrected chi connectivity index (χ1v) is 7.70. The smallest absolute Gasteiger partial charge is 0.255 e. The molecular formula is C18H17F2NO3. The molecule has 6 heteroatoms. The van der Waals surface area contributed by atoms with Crippen LogP contribution in [0.2, 0.25) is 0 Å². The third kappa shape index (κ3) is 3.18. The number of rotatable bonds is 4. The summed E-state index contributed by atoms with van der Waals surface area (Å²) in [4.78, 5) is 12.3. The van der Waals surface area contributed by atoms with Gasteiger partial charge in [-0.1, -0.05) is 0 Å². The average molecular weight is 333 g/mol. The first-order valence-electron chi connectivity index (χ1n) is 7.70. The van der Waals surface area contributed by atoms with E-state index < -0.39 is 17.5 Å². The fourth-order valence-corrected chi connectivity index (χ4v) is 2.64. The second-order valence-corrected chi connectivity index (χ2v) is 5.60. The Balaban J connectivity index is 1.89. The van der Waals surface area contributed by atoms with Crippen molar-refractivity contribution in [1.29, 1.82) is 0 Å². The van der Waals surface area contributed by atoms with Gasteiger partial charge in [0.1, 0.15) is 17.6 Å². The van der Waals surface area contributed by atoms with Crippen molar-refractivity contribution in [2.75, 3.05) is 11.9 Å². The van der Waals surface area contributed by atoms with Gasteiger partial charge in [-0.15, -0.1) is 0 Å². The Bertz CT molecular complexity index is 792. The summed E-state index contributed by atoms with van der Waals surface area (Å²) in [5.41, 5.74) is 1.46. The highest BCUT2D eigenvalue weighted by molar-refractivity contribution is 6.05. The Kier molecular flexibility index (Phi) is 4.38. The molecule has 4 nitrogen and oxygen atoms in total. The first-order chi connectivity index (χ1) is 11.5. The van der Waals surface area contributed by atoms with Crippen molar-refractivity contribution in [1.82, 2.24) is 0 Å². The number of hydrogen-bond donors (Lipinski definition) is 1. The van der Waals surface area contributed by atoms with Gasteiger partial charge < -0.3 is 14.8 Å². The van der Waals surface area contributed by atoms with E-state index in [9.17, 15) is 13.6 Å². The number of halogens is 2. The van der Waals surface area contributed by atoms with Crippen LogP contribution in [0.1, 0.15) is 29.8 Å². The van der Waals surface area contributed by atoms with Crippen LogP contribution in [0.4, 0.5) is 14.5 Å². The van der Waals surface area contributed by atoms with Crippen LogP contribution in [0.3, 0.4) is 0 Å². The van der Waals surface area contributed by atoms with E-state index in [4.69, 9.17) is 9.47 Å². The topological polar surface area (TPSA) is 47.6 Å². The molecule has 0 fully saturated rings. The molecule has 1 atom stereocenters. The molecule has 0 saturated heterocycles. The predicted octanol–water partition coefficient (Wildman–Crippen LogP) is 3.94. The van der Waals surface area contributed by atoms with Gasteiger partial charge in [0.15, 0.2) is 11.6 Å². The van der Waals surface area contributed by atoms with Crippen molar-refractivity contribution in [2.24, 2.45) is 0 Å². The second-order valence-electron chi connectivity index (χ2n) is 5.60. The van der Waals surface area contributed by atoms with Gasteiger partial charge in [0, 0.05) is 23.6 Å². The number of carbonyl (C=O) groups excluding carboxylic acids is 1. The van der Waals surface area contributed by atoms with Gasteiger partial charge in [0.25, 0.3) is 5.91 Å². The number of hydrogen-bond acceptors (Lipinski definition) is 3. The van der Waals surface area contributed by atoms with Crippen LogP contribution in [0.25, 0.3) is 0 Å².